The lowest BCUT2D eigenvalue weighted by atomic mass is 9.84. The van der Waals surface area contributed by atoms with E-state index >= 15 is 0 Å². The van der Waals surface area contributed by atoms with Crippen molar-refractivity contribution >= 4 is 11.8 Å². The second kappa shape index (κ2) is 10.0. The monoisotopic (exact) mass is 336 g/mol. The van der Waals surface area contributed by atoms with Gasteiger partial charge in [0.2, 0.25) is 11.8 Å². The largest absolute Gasteiger partial charge is 0.353 e. The summed E-state index contributed by atoms with van der Waals surface area (Å²) in [6.07, 6.45) is 13.3. The quantitative estimate of drug-likeness (QED) is 0.740. The minimum absolute atomic E-state index is 0.0218. The van der Waals surface area contributed by atoms with Gasteiger partial charge in [0.25, 0.3) is 0 Å². The summed E-state index contributed by atoms with van der Waals surface area (Å²) in [5.74, 6) is 1.27. The van der Waals surface area contributed by atoms with Gasteiger partial charge in [-0.3, -0.25) is 9.59 Å². The van der Waals surface area contributed by atoms with Crippen molar-refractivity contribution in [3.63, 3.8) is 0 Å². The third-order valence-electron chi connectivity index (χ3n) is 6.07. The molecule has 0 aromatic heterocycles. The topological polar surface area (TPSA) is 58.2 Å². The molecule has 4 nitrogen and oxygen atoms in total. The maximum absolute atomic E-state index is 12.1. The Balaban J connectivity index is 1.62. The van der Waals surface area contributed by atoms with Gasteiger partial charge in [-0.05, 0) is 51.4 Å². The van der Waals surface area contributed by atoms with E-state index in [1.807, 2.05) is 0 Å². The third kappa shape index (κ3) is 6.45. The molecular weight excluding hydrogens is 300 g/mol. The standard InChI is InChI=1S/C20H36N2O2/c1-15(17-9-5-3-6-10-17)21-19(23)13-14-20(24)22-16(2)18-11-7-4-8-12-18/h15-18H,3-14H2,1-2H3,(H,21,23)(H,22,24)/t15-,16-/m0/s1. The van der Waals surface area contributed by atoms with E-state index in [0.29, 0.717) is 24.7 Å². The summed E-state index contributed by atoms with van der Waals surface area (Å²) in [7, 11) is 0. The van der Waals surface area contributed by atoms with Crippen molar-refractivity contribution in [2.45, 2.75) is 103 Å². The number of hydrogen-bond acceptors (Lipinski definition) is 2. The summed E-state index contributed by atoms with van der Waals surface area (Å²) in [5, 5.41) is 6.21. The van der Waals surface area contributed by atoms with Gasteiger partial charge >= 0.3 is 0 Å². The van der Waals surface area contributed by atoms with Gasteiger partial charge in [0.1, 0.15) is 0 Å². The van der Waals surface area contributed by atoms with Crippen LogP contribution in [0.5, 0.6) is 0 Å². The van der Waals surface area contributed by atoms with Crippen molar-refractivity contribution in [2.75, 3.05) is 0 Å². The van der Waals surface area contributed by atoms with E-state index in [2.05, 4.69) is 24.5 Å². The molecule has 2 saturated carbocycles. The number of nitrogens with one attached hydrogen (secondary N) is 2. The van der Waals surface area contributed by atoms with Crippen LogP contribution in [-0.2, 0) is 9.59 Å². The van der Waals surface area contributed by atoms with Gasteiger partial charge < -0.3 is 10.6 Å². The first-order valence-electron chi connectivity index (χ1n) is 10.1. The van der Waals surface area contributed by atoms with E-state index in [0.717, 1.165) is 0 Å². The van der Waals surface area contributed by atoms with E-state index in [4.69, 9.17) is 0 Å². The predicted octanol–water partition coefficient (Wildman–Crippen LogP) is 3.94. The zero-order valence-electron chi connectivity index (χ0n) is 15.6. The molecule has 0 radical (unpaired) electrons. The number of hydrogen-bond donors (Lipinski definition) is 2. The van der Waals surface area contributed by atoms with Crippen LogP contribution in [0.25, 0.3) is 0 Å². The van der Waals surface area contributed by atoms with Gasteiger partial charge in [-0.15, -0.1) is 0 Å². The first-order valence-corrected chi connectivity index (χ1v) is 10.1. The fourth-order valence-corrected chi connectivity index (χ4v) is 4.38. The van der Waals surface area contributed by atoms with Crippen molar-refractivity contribution in [3.05, 3.63) is 0 Å². The van der Waals surface area contributed by atoms with Crippen LogP contribution in [0.4, 0.5) is 0 Å². The Kier molecular flexibility index (Phi) is 8.07. The van der Waals surface area contributed by atoms with Crippen LogP contribution in [-0.4, -0.2) is 23.9 Å². The Morgan fingerprint density at radius 1 is 0.708 bits per heavy atom. The molecule has 0 bridgehead atoms. The lowest BCUT2D eigenvalue weighted by Gasteiger charge is -2.29. The van der Waals surface area contributed by atoms with Gasteiger partial charge in [0.05, 0.1) is 0 Å². The van der Waals surface area contributed by atoms with Crippen LogP contribution in [0.1, 0.15) is 90.9 Å². The Bertz CT molecular complexity index is 360. The Morgan fingerprint density at radius 3 is 1.38 bits per heavy atom. The fourth-order valence-electron chi connectivity index (χ4n) is 4.38. The number of amides is 2. The van der Waals surface area contributed by atoms with Gasteiger partial charge in [0.15, 0.2) is 0 Å². The highest BCUT2D eigenvalue weighted by Gasteiger charge is 2.23. The molecule has 0 spiro atoms. The molecule has 2 atom stereocenters. The molecule has 2 aliphatic rings. The number of carbonyl (C=O) groups excluding carboxylic acids is 2. The first-order chi connectivity index (χ1) is 11.6. The minimum atomic E-state index is 0.0218. The Hall–Kier alpha value is -1.06. The first kappa shape index (κ1) is 19.3. The lowest BCUT2D eigenvalue weighted by molar-refractivity contribution is -0.127. The van der Waals surface area contributed by atoms with Gasteiger partial charge in [-0.1, -0.05) is 38.5 Å². The van der Waals surface area contributed by atoms with E-state index in [1.54, 1.807) is 0 Å². The fraction of sp³-hybridized carbons (Fsp3) is 0.900. The van der Waals surface area contributed by atoms with Crippen LogP contribution in [0, 0.1) is 11.8 Å². The normalized spacial score (nSPS) is 22.6. The zero-order chi connectivity index (χ0) is 17.4. The van der Waals surface area contributed by atoms with Crippen molar-refractivity contribution in [2.24, 2.45) is 11.8 Å². The molecular formula is C20H36N2O2. The maximum Gasteiger partial charge on any atom is 0.220 e. The van der Waals surface area contributed by atoms with Crippen molar-refractivity contribution in [1.29, 1.82) is 0 Å². The molecule has 2 aliphatic carbocycles. The Labute approximate surface area is 147 Å². The lowest BCUT2D eigenvalue weighted by Crippen LogP contribution is -2.41. The summed E-state index contributed by atoms with van der Waals surface area (Å²) in [5.41, 5.74) is 0. The Morgan fingerprint density at radius 2 is 1.04 bits per heavy atom. The van der Waals surface area contributed by atoms with E-state index < -0.39 is 0 Å². The average Bonchev–Trinajstić information content (AvgIpc) is 2.61. The molecule has 2 amide bonds. The van der Waals surface area contributed by atoms with E-state index in [1.165, 1.54) is 64.2 Å². The highest BCUT2D eigenvalue weighted by atomic mass is 16.2. The average molecular weight is 337 g/mol. The molecule has 0 unspecified atom stereocenters. The highest BCUT2D eigenvalue weighted by Crippen LogP contribution is 2.27. The van der Waals surface area contributed by atoms with Gasteiger partial charge in [0, 0.05) is 24.9 Å². The van der Waals surface area contributed by atoms with Crippen molar-refractivity contribution in [1.82, 2.24) is 10.6 Å². The molecule has 24 heavy (non-hydrogen) atoms. The summed E-state index contributed by atoms with van der Waals surface area (Å²) in [4.78, 5) is 24.2. The summed E-state index contributed by atoms with van der Waals surface area (Å²) in [6, 6.07) is 0.476. The molecule has 4 heteroatoms. The molecule has 138 valence electrons. The van der Waals surface area contributed by atoms with Crippen LogP contribution in [0.15, 0.2) is 0 Å². The van der Waals surface area contributed by atoms with Gasteiger partial charge in [-0.25, -0.2) is 0 Å². The molecule has 2 fully saturated rings. The zero-order valence-corrected chi connectivity index (χ0v) is 15.6. The summed E-state index contributed by atoms with van der Waals surface area (Å²) in [6.45, 7) is 4.22. The van der Waals surface area contributed by atoms with Crippen LogP contribution < -0.4 is 10.6 Å². The van der Waals surface area contributed by atoms with E-state index in [-0.39, 0.29) is 23.9 Å². The SMILES string of the molecule is C[C@H](NC(=O)CCC(=O)N[C@@H](C)C1CCCCC1)C1CCCCC1. The van der Waals surface area contributed by atoms with Crippen LogP contribution in [0.3, 0.4) is 0 Å². The molecule has 0 saturated heterocycles. The molecule has 0 aliphatic heterocycles. The second-order valence-electron chi connectivity index (χ2n) is 8.01. The highest BCUT2D eigenvalue weighted by molar-refractivity contribution is 5.83. The second-order valence-corrected chi connectivity index (χ2v) is 8.01. The van der Waals surface area contributed by atoms with Crippen LogP contribution >= 0.6 is 0 Å². The van der Waals surface area contributed by atoms with Crippen molar-refractivity contribution < 1.29 is 9.59 Å². The smallest absolute Gasteiger partial charge is 0.220 e. The van der Waals surface area contributed by atoms with Crippen molar-refractivity contribution in [3.8, 4) is 0 Å². The molecule has 0 aromatic carbocycles. The summed E-state index contributed by atoms with van der Waals surface area (Å²) < 4.78 is 0. The van der Waals surface area contributed by atoms with E-state index in [9.17, 15) is 9.59 Å². The molecule has 2 rings (SSSR count). The molecule has 2 N–H and O–H groups in total. The molecule has 0 heterocycles. The molecule has 0 aromatic rings. The predicted molar refractivity (Wildman–Crippen MR) is 97.6 cm³/mol. The number of rotatable bonds is 7. The third-order valence-corrected chi connectivity index (χ3v) is 6.07. The minimum Gasteiger partial charge on any atom is -0.353 e. The van der Waals surface area contributed by atoms with Gasteiger partial charge in [-0.2, -0.15) is 0 Å². The van der Waals surface area contributed by atoms with Crippen LogP contribution in [0.2, 0.25) is 0 Å². The number of carbonyl (C=O) groups is 2. The maximum atomic E-state index is 12.1. The summed E-state index contributed by atoms with van der Waals surface area (Å²) >= 11 is 0.